The maximum atomic E-state index is 12.4. The number of methoxy groups -OCH3 is 2. The van der Waals surface area contributed by atoms with E-state index in [0.29, 0.717) is 41.8 Å². The number of ether oxygens (including phenoxy) is 3. The number of rotatable bonds is 10. The molecule has 0 aliphatic carbocycles. The molecule has 2 rings (SSSR count). The second-order valence-corrected chi connectivity index (χ2v) is 6.38. The van der Waals surface area contributed by atoms with Crippen LogP contribution in [0.5, 0.6) is 17.2 Å². The van der Waals surface area contributed by atoms with Crippen LogP contribution in [-0.2, 0) is 9.59 Å². The van der Waals surface area contributed by atoms with Crippen LogP contribution < -0.4 is 24.8 Å². The SMILES string of the molecule is COc1ccc(NC(C)=O)cc1NC(=O)CN(C)CCOc1ccccc1OC. The molecule has 0 fully saturated rings. The van der Waals surface area contributed by atoms with E-state index in [-0.39, 0.29) is 18.4 Å². The molecule has 2 aromatic rings. The predicted octanol–water partition coefficient (Wildman–Crippen LogP) is 2.61. The van der Waals surface area contributed by atoms with Gasteiger partial charge < -0.3 is 24.8 Å². The van der Waals surface area contributed by atoms with Gasteiger partial charge in [-0.15, -0.1) is 0 Å². The Bertz CT molecular complexity index is 841. The minimum absolute atomic E-state index is 0.169. The van der Waals surface area contributed by atoms with Gasteiger partial charge in [0.2, 0.25) is 11.8 Å². The number of anilines is 2. The Balaban J connectivity index is 1.87. The van der Waals surface area contributed by atoms with Crippen LogP contribution in [0.4, 0.5) is 11.4 Å². The van der Waals surface area contributed by atoms with Crippen molar-refractivity contribution in [2.24, 2.45) is 0 Å². The van der Waals surface area contributed by atoms with E-state index in [1.807, 2.05) is 36.2 Å². The molecular weight excluding hydrogens is 374 g/mol. The van der Waals surface area contributed by atoms with Crippen molar-refractivity contribution in [2.45, 2.75) is 6.92 Å². The van der Waals surface area contributed by atoms with Gasteiger partial charge in [-0.3, -0.25) is 14.5 Å². The Morgan fingerprint density at radius 3 is 2.31 bits per heavy atom. The average Bonchev–Trinajstić information content (AvgIpc) is 2.68. The normalized spacial score (nSPS) is 10.4. The largest absolute Gasteiger partial charge is 0.495 e. The minimum atomic E-state index is -0.205. The van der Waals surface area contributed by atoms with Gasteiger partial charge in [0.05, 0.1) is 26.5 Å². The number of benzene rings is 2. The first kappa shape index (κ1) is 22.0. The quantitative estimate of drug-likeness (QED) is 0.636. The Morgan fingerprint density at radius 2 is 1.66 bits per heavy atom. The molecule has 2 N–H and O–H groups in total. The van der Waals surface area contributed by atoms with Crippen molar-refractivity contribution in [3.8, 4) is 17.2 Å². The molecule has 8 nitrogen and oxygen atoms in total. The lowest BCUT2D eigenvalue weighted by Crippen LogP contribution is -2.33. The molecule has 0 atom stereocenters. The van der Waals surface area contributed by atoms with Gasteiger partial charge in [0.15, 0.2) is 11.5 Å². The van der Waals surface area contributed by atoms with E-state index in [0.717, 1.165) is 0 Å². The fraction of sp³-hybridized carbons (Fsp3) is 0.333. The lowest BCUT2D eigenvalue weighted by atomic mass is 10.2. The summed E-state index contributed by atoms with van der Waals surface area (Å²) in [6, 6.07) is 12.5. The fourth-order valence-electron chi connectivity index (χ4n) is 2.65. The monoisotopic (exact) mass is 401 g/mol. The van der Waals surface area contributed by atoms with Gasteiger partial charge >= 0.3 is 0 Å². The lowest BCUT2D eigenvalue weighted by molar-refractivity contribution is -0.117. The van der Waals surface area contributed by atoms with Gasteiger partial charge in [-0.1, -0.05) is 12.1 Å². The van der Waals surface area contributed by atoms with E-state index in [9.17, 15) is 9.59 Å². The molecule has 0 spiro atoms. The van der Waals surface area contributed by atoms with Crippen molar-refractivity contribution in [1.82, 2.24) is 4.90 Å². The zero-order valence-corrected chi connectivity index (χ0v) is 17.2. The topological polar surface area (TPSA) is 89.1 Å². The number of amides is 2. The second-order valence-electron chi connectivity index (χ2n) is 6.38. The highest BCUT2D eigenvalue weighted by atomic mass is 16.5. The summed E-state index contributed by atoms with van der Waals surface area (Å²) in [7, 11) is 4.94. The predicted molar refractivity (Wildman–Crippen MR) is 112 cm³/mol. The summed E-state index contributed by atoms with van der Waals surface area (Å²) in [6.07, 6.45) is 0. The summed E-state index contributed by atoms with van der Waals surface area (Å²) in [5.74, 6) is 1.44. The first-order chi connectivity index (χ1) is 13.9. The van der Waals surface area contributed by atoms with Crippen molar-refractivity contribution < 1.29 is 23.8 Å². The third kappa shape index (κ3) is 7.00. The smallest absolute Gasteiger partial charge is 0.238 e. The molecule has 0 saturated carbocycles. The molecule has 8 heteroatoms. The third-order valence-corrected chi connectivity index (χ3v) is 4.01. The molecule has 0 aromatic heterocycles. The van der Waals surface area contributed by atoms with E-state index in [4.69, 9.17) is 14.2 Å². The van der Waals surface area contributed by atoms with Crippen LogP contribution in [0.3, 0.4) is 0 Å². The number of nitrogens with one attached hydrogen (secondary N) is 2. The third-order valence-electron chi connectivity index (χ3n) is 4.01. The highest BCUT2D eigenvalue weighted by Crippen LogP contribution is 2.28. The van der Waals surface area contributed by atoms with E-state index in [1.165, 1.54) is 14.0 Å². The highest BCUT2D eigenvalue weighted by molar-refractivity contribution is 5.95. The molecule has 2 aromatic carbocycles. The van der Waals surface area contributed by atoms with Gasteiger partial charge in [0.1, 0.15) is 12.4 Å². The van der Waals surface area contributed by atoms with Crippen molar-refractivity contribution >= 4 is 23.2 Å². The second kappa shape index (κ2) is 10.9. The zero-order chi connectivity index (χ0) is 21.2. The summed E-state index contributed by atoms with van der Waals surface area (Å²) in [6.45, 7) is 2.55. The molecule has 156 valence electrons. The number of nitrogens with zero attached hydrogens (tertiary/aromatic N) is 1. The van der Waals surface area contributed by atoms with Gasteiger partial charge in [-0.05, 0) is 37.4 Å². The van der Waals surface area contributed by atoms with Gasteiger partial charge in [-0.2, -0.15) is 0 Å². The first-order valence-corrected chi connectivity index (χ1v) is 9.12. The molecule has 0 heterocycles. The van der Waals surface area contributed by atoms with Crippen LogP contribution in [0.25, 0.3) is 0 Å². The van der Waals surface area contributed by atoms with Gasteiger partial charge in [0.25, 0.3) is 0 Å². The Kier molecular flexibility index (Phi) is 8.29. The van der Waals surface area contributed by atoms with E-state index >= 15 is 0 Å². The molecule has 0 unspecified atom stereocenters. The Labute approximate surface area is 170 Å². The maximum Gasteiger partial charge on any atom is 0.238 e. The maximum absolute atomic E-state index is 12.4. The molecule has 0 bridgehead atoms. The zero-order valence-electron chi connectivity index (χ0n) is 17.2. The van der Waals surface area contributed by atoms with Gasteiger partial charge in [0, 0.05) is 19.2 Å². The highest BCUT2D eigenvalue weighted by Gasteiger charge is 2.12. The van der Waals surface area contributed by atoms with Crippen LogP contribution in [0.1, 0.15) is 6.92 Å². The van der Waals surface area contributed by atoms with Gasteiger partial charge in [-0.25, -0.2) is 0 Å². The number of hydrogen-bond acceptors (Lipinski definition) is 6. The molecule has 29 heavy (non-hydrogen) atoms. The van der Waals surface area contributed by atoms with Crippen LogP contribution >= 0.6 is 0 Å². The fourth-order valence-corrected chi connectivity index (χ4v) is 2.65. The van der Waals surface area contributed by atoms with Crippen molar-refractivity contribution in [3.05, 3.63) is 42.5 Å². The van der Waals surface area contributed by atoms with Crippen molar-refractivity contribution in [1.29, 1.82) is 0 Å². The molecule has 0 aliphatic heterocycles. The standard InChI is InChI=1S/C21H27N3O5/c1-15(25)22-16-9-10-18(27-3)17(13-16)23-21(26)14-24(2)11-12-29-20-8-6-5-7-19(20)28-4/h5-10,13H,11-12,14H2,1-4H3,(H,22,25)(H,23,26). The van der Waals surface area contributed by atoms with Crippen molar-refractivity contribution in [2.75, 3.05) is 51.6 Å². The number of hydrogen-bond donors (Lipinski definition) is 2. The van der Waals surface area contributed by atoms with Crippen LogP contribution in [0.2, 0.25) is 0 Å². The first-order valence-electron chi connectivity index (χ1n) is 9.12. The summed E-state index contributed by atoms with van der Waals surface area (Å²) in [5.41, 5.74) is 1.06. The molecule has 0 aliphatic rings. The van der Waals surface area contributed by atoms with E-state index in [1.54, 1.807) is 25.3 Å². The van der Waals surface area contributed by atoms with Crippen molar-refractivity contribution in [3.63, 3.8) is 0 Å². The molecular formula is C21H27N3O5. The number of likely N-dealkylation sites (N-methyl/N-ethyl adjacent to an activating group) is 1. The molecule has 0 radical (unpaired) electrons. The number of carbonyl (C=O) groups excluding carboxylic acids is 2. The van der Waals surface area contributed by atoms with E-state index < -0.39 is 0 Å². The summed E-state index contributed by atoms with van der Waals surface area (Å²) < 4.78 is 16.3. The summed E-state index contributed by atoms with van der Waals surface area (Å²) >= 11 is 0. The number of carbonyl (C=O) groups is 2. The molecule has 0 saturated heterocycles. The minimum Gasteiger partial charge on any atom is -0.495 e. The lowest BCUT2D eigenvalue weighted by Gasteiger charge is -2.18. The number of para-hydroxylation sites is 2. The summed E-state index contributed by atoms with van der Waals surface area (Å²) in [5, 5.41) is 5.49. The van der Waals surface area contributed by atoms with Crippen LogP contribution in [0, 0.1) is 0 Å². The van der Waals surface area contributed by atoms with Crippen LogP contribution in [-0.4, -0.2) is 57.7 Å². The summed E-state index contributed by atoms with van der Waals surface area (Å²) in [4.78, 5) is 25.5. The molecule has 2 amide bonds. The van der Waals surface area contributed by atoms with Crippen LogP contribution in [0.15, 0.2) is 42.5 Å². The Morgan fingerprint density at radius 1 is 0.966 bits per heavy atom. The Hall–Kier alpha value is -3.26. The average molecular weight is 401 g/mol. The van der Waals surface area contributed by atoms with E-state index in [2.05, 4.69) is 10.6 Å².